The highest BCUT2D eigenvalue weighted by Crippen LogP contribution is 1.96. The van der Waals surface area contributed by atoms with E-state index < -0.39 is 0 Å². The molecule has 7 heteroatoms. The zero-order valence-corrected chi connectivity index (χ0v) is 9.30. The van der Waals surface area contributed by atoms with E-state index in [-0.39, 0.29) is 24.9 Å². The third-order valence-electron chi connectivity index (χ3n) is 1.89. The van der Waals surface area contributed by atoms with Crippen LogP contribution in [-0.2, 0) is 16.1 Å². The van der Waals surface area contributed by atoms with E-state index >= 15 is 0 Å². The largest absolute Gasteiger partial charge is 0.396 e. The maximum Gasteiger partial charge on any atom is 0.242 e. The Morgan fingerprint density at radius 1 is 1.56 bits per heavy atom. The van der Waals surface area contributed by atoms with Crippen molar-refractivity contribution < 1.29 is 9.59 Å². The van der Waals surface area contributed by atoms with E-state index in [1.807, 2.05) is 0 Å². The van der Waals surface area contributed by atoms with Crippen molar-refractivity contribution in [1.29, 1.82) is 0 Å². The number of likely N-dealkylation sites (N-methyl/N-ethyl adjacent to an activating group) is 1. The maximum absolute atomic E-state index is 11.4. The van der Waals surface area contributed by atoms with Gasteiger partial charge in [-0.15, -0.1) is 0 Å². The summed E-state index contributed by atoms with van der Waals surface area (Å²) >= 11 is 0. The quantitative estimate of drug-likeness (QED) is 0.664. The van der Waals surface area contributed by atoms with Gasteiger partial charge in [0.1, 0.15) is 6.54 Å². The van der Waals surface area contributed by atoms with Gasteiger partial charge in [0.15, 0.2) is 0 Å². The van der Waals surface area contributed by atoms with Gasteiger partial charge in [-0.1, -0.05) is 0 Å². The van der Waals surface area contributed by atoms with Crippen LogP contribution in [0.2, 0.25) is 0 Å². The van der Waals surface area contributed by atoms with Crippen molar-refractivity contribution in [3.05, 3.63) is 12.4 Å². The molecule has 0 saturated carbocycles. The summed E-state index contributed by atoms with van der Waals surface area (Å²) in [4.78, 5) is 23.9. The molecule has 0 spiro atoms. The van der Waals surface area contributed by atoms with Crippen LogP contribution in [0.1, 0.15) is 0 Å². The minimum Gasteiger partial charge on any atom is -0.396 e. The fraction of sp³-hybridized carbons (Fsp3) is 0.444. The van der Waals surface area contributed by atoms with Gasteiger partial charge in [-0.2, -0.15) is 5.10 Å². The lowest BCUT2D eigenvalue weighted by Gasteiger charge is -2.10. The molecule has 1 heterocycles. The molecule has 1 aromatic rings. The van der Waals surface area contributed by atoms with Gasteiger partial charge in [-0.25, -0.2) is 0 Å². The molecule has 0 radical (unpaired) electrons. The van der Waals surface area contributed by atoms with Gasteiger partial charge in [-0.3, -0.25) is 14.3 Å². The molecule has 0 bridgehead atoms. The molecule has 2 amide bonds. The van der Waals surface area contributed by atoms with Crippen molar-refractivity contribution >= 4 is 17.5 Å². The number of hydrogen-bond donors (Lipinski definition) is 2. The molecular weight excluding hydrogens is 210 g/mol. The standard InChI is InChI=1S/C9H15N5O2/c1-13(2)9(16)4-11-8(15)6-14-5-7(10)3-12-14/h3,5H,4,6,10H2,1-2H3,(H,11,15). The first-order valence-electron chi connectivity index (χ1n) is 4.74. The third-order valence-corrected chi connectivity index (χ3v) is 1.89. The normalized spacial score (nSPS) is 9.88. The number of nitrogens with one attached hydrogen (secondary N) is 1. The fourth-order valence-electron chi connectivity index (χ4n) is 1.00. The summed E-state index contributed by atoms with van der Waals surface area (Å²) in [5, 5.41) is 6.34. The molecule has 1 aromatic heterocycles. The smallest absolute Gasteiger partial charge is 0.242 e. The summed E-state index contributed by atoms with van der Waals surface area (Å²) < 4.78 is 1.41. The third kappa shape index (κ3) is 3.60. The Labute approximate surface area is 93.2 Å². The summed E-state index contributed by atoms with van der Waals surface area (Å²) in [6, 6.07) is 0. The first-order valence-corrected chi connectivity index (χ1v) is 4.74. The van der Waals surface area contributed by atoms with Crippen molar-refractivity contribution in [1.82, 2.24) is 20.0 Å². The van der Waals surface area contributed by atoms with Crippen molar-refractivity contribution in [2.75, 3.05) is 26.4 Å². The SMILES string of the molecule is CN(C)C(=O)CNC(=O)Cn1cc(N)cn1. The molecule has 0 fully saturated rings. The number of nitrogens with two attached hydrogens (primary N) is 1. The molecule has 7 nitrogen and oxygen atoms in total. The summed E-state index contributed by atoms with van der Waals surface area (Å²) in [7, 11) is 3.26. The van der Waals surface area contributed by atoms with Gasteiger partial charge in [0.2, 0.25) is 11.8 Å². The second kappa shape index (κ2) is 5.15. The average Bonchev–Trinajstić information content (AvgIpc) is 2.60. The van der Waals surface area contributed by atoms with Crippen LogP contribution in [0.15, 0.2) is 12.4 Å². The second-order valence-corrected chi connectivity index (χ2v) is 3.54. The minimum absolute atomic E-state index is 0.0113. The van der Waals surface area contributed by atoms with Crippen molar-refractivity contribution in [2.45, 2.75) is 6.54 Å². The lowest BCUT2D eigenvalue weighted by Crippen LogP contribution is -2.37. The number of amides is 2. The van der Waals surface area contributed by atoms with E-state index in [0.717, 1.165) is 0 Å². The predicted octanol–water partition coefficient (Wildman–Crippen LogP) is -1.33. The Balaban J connectivity index is 2.34. The number of aromatic nitrogens is 2. The van der Waals surface area contributed by atoms with Crippen LogP contribution in [-0.4, -0.2) is 47.1 Å². The Morgan fingerprint density at radius 3 is 2.75 bits per heavy atom. The molecule has 16 heavy (non-hydrogen) atoms. The molecule has 0 aliphatic carbocycles. The Hall–Kier alpha value is -2.05. The van der Waals surface area contributed by atoms with Gasteiger partial charge < -0.3 is 16.0 Å². The number of nitrogens with zero attached hydrogens (tertiary/aromatic N) is 3. The summed E-state index contributed by atoms with van der Waals surface area (Å²) in [5.41, 5.74) is 5.94. The van der Waals surface area contributed by atoms with E-state index in [9.17, 15) is 9.59 Å². The van der Waals surface area contributed by atoms with Crippen LogP contribution in [0.3, 0.4) is 0 Å². The number of nitrogen functional groups attached to an aromatic ring is 1. The average molecular weight is 225 g/mol. The van der Waals surface area contributed by atoms with Gasteiger partial charge in [0.25, 0.3) is 0 Å². The van der Waals surface area contributed by atoms with Gasteiger partial charge >= 0.3 is 0 Å². The van der Waals surface area contributed by atoms with Gasteiger partial charge in [0.05, 0.1) is 18.4 Å². The summed E-state index contributed by atoms with van der Waals surface area (Å²) in [5.74, 6) is -0.438. The lowest BCUT2D eigenvalue weighted by atomic mass is 10.5. The summed E-state index contributed by atoms with van der Waals surface area (Å²) in [6.45, 7) is 0.0422. The van der Waals surface area contributed by atoms with Crippen LogP contribution >= 0.6 is 0 Å². The maximum atomic E-state index is 11.4. The molecule has 0 saturated heterocycles. The molecule has 0 aliphatic heterocycles. The first kappa shape index (κ1) is 12.0. The van der Waals surface area contributed by atoms with E-state index in [1.54, 1.807) is 20.3 Å². The van der Waals surface area contributed by atoms with E-state index in [0.29, 0.717) is 5.69 Å². The number of anilines is 1. The molecule has 88 valence electrons. The van der Waals surface area contributed by atoms with Crippen LogP contribution in [0, 0.1) is 0 Å². The summed E-state index contributed by atoms with van der Waals surface area (Å²) in [6.07, 6.45) is 3.01. The molecule has 1 rings (SSSR count). The van der Waals surface area contributed by atoms with Crippen LogP contribution < -0.4 is 11.1 Å². The highest BCUT2D eigenvalue weighted by atomic mass is 16.2. The number of carbonyl (C=O) groups excluding carboxylic acids is 2. The number of hydrogen-bond acceptors (Lipinski definition) is 4. The first-order chi connectivity index (χ1) is 7.49. The molecule has 3 N–H and O–H groups in total. The minimum atomic E-state index is -0.279. The number of carbonyl (C=O) groups is 2. The zero-order chi connectivity index (χ0) is 12.1. The van der Waals surface area contributed by atoms with Gasteiger partial charge in [0, 0.05) is 20.3 Å². The monoisotopic (exact) mass is 225 g/mol. The number of rotatable bonds is 4. The molecular formula is C9H15N5O2. The van der Waals surface area contributed by atoms with E-state index in [4.69, 9.17) is 5.73 Å². The fourth-order valence-corrected chi connectivity index (χ4v) is 1.00. The predicted molar refractivity (Wildman–Crippen MR) is 58.3 cm³/mol. The van der Waals surface area contributed by atoms with Crippen LogP contribution in [0.4, 0.5) is 5.69 Å². The molecule has 0 aliphatic rings. The second-order valence-electron chi connectivity index (χ2n) is 3.54. The van der Waals surface area contributed by atoms with Crippen molar-refractivity contribution in [3.63, 3.8) is 0 Å². The Morgan fingerprint density at radius 2 is 2.25 bits per heavy atom. The van der Waals surface area contributed by atoms with Crippen molar-refractivity contribution in [2.24, 2.45) is 0 Å². The molecule has 0 atom stereocenters. The molecule has 0 unspecified atom stereocenters. The van der Waals surface area contributed by atoms with Crippen LogP contribution in [0.25, 0.3) is 0 Å². The van der Waals surface area contributed by atoms with Crippen molar-refractivity contribution in [3.8, 4) is 0 Å². The van der Waals surface area contributed by atoms with Crippen LogP contribution in [0.5, 0.6) is 0 Å². The lowest BCUT2D eigenvalue weighted by molar-refractivity contribution is -0.131. The Kier molecular flexibility index (Phi) is 3.87. The van der Waals surface area contributed by atoms with E-state index in [2.05, 4.69) is 10.4 Å². The van der Waals surface area contributed by atoms with Gasteiger partial charge in [-0.05, 0) is 0 Å². The Bertz CT molecular complexity index is 385. The highest BCUT2D eigenvalue weighted by Gasteiger charge is 2.07. The van der Waals surface area contributed by atoms with E-state index in [1.165, 1.54) is 15.8 Å². The molecule has 0 aromatic carbocycles. The zero-order valence-electron chi connectivity index (χ0n) is 9.30. The highest BCUT2D eigenvalue weighted by molar-refractivity contribution is 5.84. The topological polar surface area (TPSA) is 93.2 Å².